The van der Waals surface area contributed by atoms with Crippen LogP contribution in [-0.4, -0.2) is 36.0 Å². The van der Waals surface area contributed by atoms with Crippen LogP contribution < -0.4 is 10.1 Å². The summed E-state index contributed by atoms with van der Waals surface area (Å²) in [5.41, 5.74) is 2.43. The van der Waals surface area contributed by atoms with Gasteiger partial charge in [-0.15, -0.1) is 0 Å². The first kappa shape index (κ1) is 22.6. The van der Waals surface area contributed by atoms with Gasteiger partial charge in [0.1, 0.15) is 11.6 Å². The molecule has 0 bridgehead atoms. The zero-order valence-corrected chi connectivity index (χ0v) is 19.4. The smallest absolute Gasteiger partial charge is 0.244 e. The first-order valence-corrected chi connectivity index (χ1v) is 12.2. The van der Waals surface area contributed by atoms with Crippen LogP contribution in [0, 0.1) is 5.82 Å². The van der Waals surface area contributed by atoms with Gasteiger partial charge >= 0.3 is 0 Å². The number of ether oxygens (including phenoxy) is 1. The van der Waals surface area contributed by atoms with E-state index in [1.54, 1.807) is 6.07 Å². The van der Waals surface area contributed by atoms with Gasteiger partial charge < -0.3 is 10.1 Å². The molecule has 3 aromatic rings. The molecular weight excluding hydrogens is 427 g/mol. The number of hydrogen-bond donors (Lipinski definition) is 1. The fraction of sp³-hybridized carbons (Fsp3) is 0.345. The van der Waals surface area contributed by atoms with E-state index in [0.29, 0.717) is 0 Å². The second-order valence-electron chi connectivity index (χ2n) is 9.49. The number of halogens is 1. The molecule has 0 spiro atoms. The Balaban J connectivity index is 1.08. The molecular formula is C29H31FN2O2. The van der Waals surface area contributed by atoms with Crippen LogP contribution in [0.3, 0.4) is 0 Å². The Hall–Kier alpha value is -3.18. The summed E-state index contributed by atoms with van der Waals surface area (Å²) in [6, 6.07) is 21.2. The van der Waals surface area contributed by atoms with Crippen molar-refractivity contribution in [2.45, 2.75) is 50.8 Å². The number of likely N-dealkylation sites (tertiary alicyclic amines) is 1. The van der Waals surface area contributed by atoms with Gasteiger partial charge in [-0.25, -0.2) is 4.39 Å². The van der Waals surface area contributed by atoms with Gasteiger partial charge in [-0.2, -0.15) is 0 Å². The number of nitrogens with one attached hydrogen (secondary N) is 1. The van der Waals surface area contributed by atoms with Gasteiger partial charge in [0, 0.05) is 31.8 Å². The molecule has 1 saturated heterocycles. The summed E-state index contributed by atoms with van der Waals surface area (Å²) in [6.07, 6.45) is 6.71. The van der Waals surface area contributed by atoms with E-state index < -0.39 is 0 Å². The minimum absolute atomic E-state index is 0.0250. The lowest BCUT2D eigenvalue weighted by Gasteiger charge is -2.25. The van der Waals surface area contributed by atoms with Crippen molar-refractivity contribution in [1.82, 2.24) is 10.2 Å². The van der Waals surface area contributed by atoms with Crippen LogP contribution in [0.25, 0.3) is 10.8 Å². The lowest BCUT2D eigenvalue weighted by atomic mass is 9.92. The third-order valence-corrected chi connectivity index (χ3v) is 6.85. The van der Waals surface area contributed by atoms with Crippen LogP contribution in [0.2, 0.25) is 0 Å². The van der Waals surface area contributed by atoms with Gasteiger partial charge in [-0.3, -0.25) is 9.69 Å². The summed E-state index contributed by atoms with van der Waals surface area (Å²) in [5, 5.41) is 5.17. The molecule has 1 atom stereocenters. The van der Waals surface area contributed by atoms with E-state index >= 15 is 0 Å². The molecule has 0 aromatic heterocycles. The summed E-state index contributed by atoms with van der Waals surface area (Å²) in [5.74, 6) is 0.736. The normalized spacial score (nSPS) is 20.9. The molecule has 1 N–H and O–H groups in total. The van der Waals surface area contributed by atoms with Crippen LogP contribution in [0.5, 0.6) is 5.75 Å². The SMILES string of the molecule is O=C(C=C1CCC(Oc2ccccc2)CC1)N[C@@H]1CCN(Cc2ccc3cc(F)ccc3c2)C1. The van der Waals surface area contributed by atoms with Gasteiger partial charge in [0.25, 0.3) is 0 Å². The molecule has 4 nitrogen and oxygen atoms in total. The lowest BCUT2D eigenvalue weighted by Crippen LogP contribution is -2.36. The van der Waals surface area contributed by atoms with E-state index in [2.05, 4.69) is 22.3 Å². The Morgan fingerprint density at radius 1 is 1.00 bits per heavy atom. The van der Waals surface area contributed by atoms with Gasteiger partial charge in [-0.1, -0.05) is 42.0 Å². The predicted octanol–water partition coefficient (Wildman–Crippen LogP) is 5.62. The maximum absolute atomic E-state index is 13.4. The second kappa shape index (κ2) is 10.4. The van der Waals surface area contributed by atoms with E-state index in [1.807, 2.05) is 48.5 Å². The maximum Gasteiger partial charge on any atom is 0.244 e. The molecule has 1 amide bonds. The average molecular weight is 459 g/mol. The molecule has 0 radical (unpaired) electrons. The fourth-order valence-electron chi connectivity index (χ4n) is 5.06. The van der Waals surface area contributed by atoms with Crippen molar-refractivity contribution < 1.29 is 13.9 Å². The second-order valence-corrected chi connectivity index (χ2v) is 9.49. The van der Waals surface area contributed by atoms with Crippen molar-refractivity contribution in [1.29, 1.82) is 0 Å². The molecule has 176 valence electrons. The average Bonchev–Trinajstić information content (AvgIpc) is 3.27. The molecule has 2 fully saturated rings. The summed E-state index contributed by atoms with van der Waals surface area (Å²) in [7, 11) is 0. The number of hydrogen-bond acceptors (Lipinski definition) is 3. The maximum atomic E-state index is 13.4. The van der Waals surface area contributed by atoms with Crippen LogP contribution in [0.1, 0.15) is 37.7 Å². The lowest BCUT2D eigenvalue weighted by molar-refractivity contribution is -0.117. The zero-order chi connectivity index (χ0) is 23.3. The van der Waals surface area contributed by atoms with E-state index in [1.165, 1.54) is 17.2 Å². The highest BCUT2D eigenvalue weighted by atomic mass is 19.1. The summed E-state index contributed by atoms with van der Waals surface area (Å²) < 4.78 is 19.5. The monoisotopic (exact) mass is 458 g/mol. The standard InChI is InChI=1S/C29H31FN2O2/c30-25-11-10-23-16-22(6-9-24(23)18-25)19-32-15-14-26(20-32)31-29(33)17-21-7-12-28(13-8-21)34-27-4-2-1-3-5-27/h1-6,9-11,16-18,26,28H,7-8,12-15,19-20H2,(H,31,33)/t26-,28?/m1/s1. The minimum atomic E-state index is -0.207. The Bertz CT molecular complexity index is 1170. The van der Waals surface area contributed by atoms with Crippen molar-refractivity contribution in [2.24, 2.45) is 0 Å². The Morgan fingerprint density at radius 2 is 1.76 bits per heavy atom. The highest BCUT2D eigenvalue weighted by Gasteiger charge is 2.24. The Labute approximate surface area is 200 Å². The number of amides is 1. The quantitative estimate of drug-likeness (QED) is 0.488. The summed E-state index contributed by atoms with van der Waals surface area (Å²) >= 11 is 0. The van der Waals surface area contributed by atoms with Crippen LogP contribution in [0.4, 0.5) is 4.39 Å². The molecule has 3 aromatic carbocycles. The van der Waals surface area contributed by atoms with Crippen LogP contribution in [0.15, 0.2) is 78.4 Å². The molecule has 0 unspecified atom stereocenters. The number of benzene rings is 3. The molecule has 1 saturated carbocycles. The van der Waals surface area contributed by atoms with Crippen molar-refractivity contribution in [2.75, 3.05) is 13.1 Å². The number of allylic oxidation sites excluding steroid dienone is 1. The Morgan fingerprint density at radius 3 is 2.59 bits per heavy atom. The highest BCUT2D eigenvalue weighted by molar-refractivity contribution is 5.88. The number of carbonyl (C=O) groups excluding carboxylic acids is 1. The van der Waals surface area contributed by atoms with Crippen molar-refractivity contribution in [3.63, 3.8) is 0 Å². The van der Waals surface area contributed by atoms with Gasteiger partial charge in [0.15, 0.2) is 0 Å². The molecule has 1 aliphatic heterocycles. The van der Waals surface area contributed by atoms with E-state index in [9.17, 15) is 9.18 Å². The van der Waals surface area contributed by atoms with Crippen LogP contribution in [-0.2, 0) is 11.3 Å². The fourth-order valence-corrected chi connectivity index (χ4v) is 5.06. The van der Waals surface area contributed by atoms with E-state index in [4.69, 9.17) is 4.74 Å². The highest BCUT2D eigenvalue weighted by Crippen LogP contribution is 2.27. The molecule has 34 heavy (non-hydrogen) atoms. The number of carbonyl (C=O) groups is 1. The molecule has 5 heteroatoms. The number of rotatable bonds is 6. The first-order valence-electron chi connectivity index (χ1n) is 12.2. The molecule has 2 aliphatic rings. The van der Waals surface area contributed by atoms with E-state index in [0.717, 1.165) is 68.3 Å². The Kier molecular flexibility index (Phi) is 6.91. The largest absolute Gasteiger partial charge is 0.490 e. The topological polar surface area (TPSA) is 41.6 Å². The number of para-hydroxylation sites is 1. The van der Waals surface area contributed by atoms with Gasteiger partial charge in [0.05, 0.1) is 6.10 Å². The molecule has 1 heterocycles. The van der Waals surface area contributed by atoms with Crippen molar-refractivity contribution in [3.8, 4) is 5.75 Å². The van der Waals surface area contributed by atoms with Gasteiger partial charge in [-0.05, 0) is 78.8 Å². The summed E-state index contributed by atoms with van der Waals surface area (Å²) in [4.78, 5) is 15.0. The first-order chi connectivity index (χ1) is 16.6. The third-order valence-electron chi connectivity index (χ3n) is 6.85. The third kappa shape index (κ3) is 5.84. The number of fused-ring (bicyclic) bond motifs is 1. The van der Waals surface area contributed by atoms with Crippen molar-refractivity contribution >= 4 is 16.7 Å². The zero-order valence-electron chi connectivity index (χ0n) is 19.4. The molecule has 1 aliphatic carbocycles. The number of nitrogens with zero attached hydrogens (tertiary/aromatic N) is 1. The summed E-state index contributed by atoms with van der Waals surface area (Å²) in [6.45, 7) is 2.65. The van der Waals surface area contributed by atoms with Gasteiger partial charge in [0.2, 0.25) is 5.91 Å². The van der Waals surface area contributed by atoms with Crippen LogP contribution >= 0.6 is 0 Å². The van der Waals surface area contributed by atoms with Crippen molar-refractivity contribution in [3.05, 3.63) is 89.8 Å². The minimum Gasteiger partial charge on any atom is -0.490 e. The molecule has 5 rings (SSSR count). The van der Waals surface area contributed by atoms with E-state index in [-0.39, 0.29) is 23.9 Å². The predicted molar refractivity (Wildman–Crippen MR) is 133 cm³/mol.